The highest BCUT2D eigenvalue weighted by molar-refractivity contribution is 7.80. The summed E-state index contributed by atoms with van der Waals surface area (Å²) in [5.74, 6) is 1.46. The van der Waals surface area contributed by atoms with Gasteiger partial charge in [0, 0.05) is 16.3 Å². The molecule has 2 rings (SSSR count). The molecule has 0 bridgehead atoms. The molecule has 0 saturated carbocycles. The summed E-state index contributed by atoms with van der Waals surface area (Å²) >= 11 is 10.3. The highest BCUT2D eigenvalue weighted by Crippen LogP contribution is 2.39. The molecular formula is C9H9ClO2S. The van der Waals surface area contributed by atoms with E-state index in [9.17, 15) is 0 Å². The zero-order chi connectivity index (χ0) is 9.42. The second kappa shape index (κ2) is 3.31. The molecule has 0 radical (unpaired) electrons. The van der Waals surface area contributed by atoms with Gasteiger partial charge in [0.05, 0.1) is 0 Å². The molecule has 0 N–H and O–H groups in total. The minimum atomic E-state index is 0.0991. The van der Waals surface area contributed by atoms with Crippen LogP contribution in [0.15, 0.2) is 12.1 Å². The Bertz CT molecular complexity index is 339. The molecule has 0 aromatic heterocycles. The Balaban J connectivity index is 2.49. The van der Waals surface area contributed by atoms with Crippen molar-refractivity contribution in [2.24, 2.45) is 0 Å². The highest BCUT2D eigenvalue weighted by atomic mass is 35.5. The van der Waals surface area contributed by atoms with E-state index in [-0.39, 0.29) is 12.0 Å². The predicted molar refractivity (Wildman–Crippen MR) is 55.0 cm³/mol. The van der Waals surface area contributed by atoms with Gasteiger partial charge in [0.15, 0.2) is 11.5 Å². The van der Waals surface area contributed by atoms with Gasteiger partial charge in [0.1, 0.15) is 0 Å². The van der Waals surface area contributed by atoms with Crippen molar-refractivity contribution in [2.45, 2.75) is 12.2 Å². The molecule has 0 saturated heterocycles. The van der Waals surface area contributed by atoms with Crippen LogP contribution in [-0.4, -0.2) is 6.79 Å². The summed E-state index contributed by atoms with van der Waals surface area (Å²) in [6, 6.07) is 3.65. The van der Waals surface area contributed by atoms with Gasteiger partial charge >= 0.3 is 0 Å². The number of fused-ring (bicyclic) bond motifs is 1. The van der Waals surface area contributed by atoms with Crippen LogP contribution in [0.1, 0.15) is 17.7 Å². The monoisotopic (exact) mass is 216 g/mol. The molecule has 0 spiro atoms. The summed E-state index contributed by atoms with van der Waals surface area (Å²) in [6.07, 6.45) is 0. The zero-order valence-corrected chi connectivity index (χ0v) is 8.73. The Morgan fingerprint density at radius 3 is 2.62 bits per heavy atom. The van der Waals surface area contributed by atoms with E-state index in [4.69, 9.17) is 21.1 Å². The van der Waals surface area contributed by atoms with E-state index in [1.165, 1.54) is 0 Å². The number of benzene rings is 1. The molecule has 70 valence electrons. The third-order valence-corrected chi connectivity index (χ3v) is 2.55. The third-order valence-electron chi connectivity index (χ3n) is 1.94. The Hall–Kier alpha value is -0.540. The van der Waals surface area contributed by atoms with Crippen LogP contribution in [0.5, 0.6) is 11.5 Å². The summed E-state index contributed by atoms with van der Waals surface area (Å²) in [5, 5.41) is 0.772. The lowest BCUT2D eigenvalue weighted by atomic mass is 10.1. The lowest BCUT2D eigenvalue weighted by Gasteiger charge is -2.08. The summed E-state index contributed by atoms with van der Waals surface area (Å²) in [6.45, 7) is 2.24. The summed E-state index contributed by atoms with van der Waals surface area (Å²) in [4.78, 5) is 0. The Morgan fingerprint density at radius 1 is 1.38 bits per heavy atom. The summed E-state index contributed by atoms with van der Waals surface area (Å²) < 4.78 is 10.4. The molecule has 4 heteroatoms. The maximum atomic E-state index is 6.02. The SMILES string of the molecule is CC(S)c1cc2c(cc1Cl)OCO2. The molecule has 1 atom stereocenters. The van der Waals surface area contributed by atoms with E-state index in [0.29, 0.717) is 10.8 Å². The first-order valence-electron chi connectivity index (χ1n) is 3.95. The molecule has 0 fully saturated rings. The Kier molecular flexibility index (Phi) is 2.30. The van der Waals surface area contributed by atoms with Crippen molar-refractivity contribution in [3.63, 3.8) is 0 Å². The molecule has 0 amide bonds. The van der Waals surface area contributed by atoms with Gasteiger partial charge in [-0.1, -0.05) is 11.6 Å². The van der Waals surface area contributed by atoms with Gasteiger partial charge in [0.2, 0.25) is 6.79 Å². The van der Waals surface area contributed by atoms with Crippen LogP contribution < -0.4 is 9.47 Å². The Labute approximate surface area is 87.2 Å². The number of rotatable bonds is 1. The quantitative estimate of drug-likeness (QED) is 0.728. The van der Waals surface area contributed by atoms with Crippen molar-refractivity contribution in [3.8, 4) is 11.5 Å². The molecule has 1 aromatic carbocycles. The number of hydrogen-bond acceptors (Lipinski definition) is 3. The maximum absolute atomic E-state index is 6.02. The third kappa shape index (κ3) is 1.58. The maximum Gasteiger partial charge on any atom is 0.231 e. The van der Waals surface area contributed by atoms with Crippen LogP contribution in [-0.2, 0) is 0 Å². The van der Waals surface area contributed by atoms with E-state index >= 15 is 0 Å². The second-order valence-corrected chi connectivity index (χ2v) is 4.08. The van der Waals surface area contributed by atoms with Gasteiger partial charge in [-0.05, 0) is 18.6 Å². The molecule has 1 aromatic rings. The van der Waals surface area contributed by atoms with E-state index < -0.39 is 0 Å². The van der Waals surface area contributed by atoms with E-state index in [2.05, 4.69) is 12.6 Å². The minimum absolute atomic E-state index is 0.0991. The van der Waals surface area contributed by atoms with E-state index in [0.717, 1.165) is 11.3 Å². The molecular weight excluding hydrogens is 208 g/mol. The second-order valence-electron chi connectivity index (χ2n) is 2.90. The number of halogens is 1. The van der Waals surface area contributed by atoms with Crippen molar-refractivity contribution in [3.05, 3.63) is 22.7 Å². The highest BCUT2D eigenvalue weighted by Gasteiger charge is 2.17. The first-order chi connectivity index (χ1) is 6.18. The fraction of sp³-hybridized carbons (Fsp3) is 0.333. The molecule has 1 heterocycles. The van der Waals surface area contributed by atoms with Crippen LogP contribution >= 0.6 is 24.2 Å². The molecule has 13 heavy (non-hydrogen) atoms. The van der Waals surface area contributed by atoms with Crippen LogP contribution in [0.25, 0.3) is 0 Å². The largest absolute Gasteiger partial charge is 0.454 e. The molecule has 1 aliphatic heterocycles. The smallest absolute Gasteiger partial charge is 0.231 e. The number of thiol groups is 1. The van der Waals surface area contributed by atoms with Gasteiger partial charge in [-0.15, -0.1) is 0 Å². The van der Waals surface area contributed by atoms with Gasteiger partial charge < -0.3 is 9.47 Å². The zero-order valence-electron chi connectivity index (χ0n) is 7.08. The lowest BCUT2D eigenvalue weighted by molar-refractivity contribution is 0.174. The van der Waals surface area contributed by atoms with Crippen LogP contribution in [0.3, 0.4) is 0 Å². The standard InChI is InChI=1S/C9H9ClO2S/c1-5(13)6-2-8-9(3-7(6)10)12-4-11-8/h2-3,5,13H,4H2,1H3. The van der Waals surface area contributed by atoms with Gasteiger partial charge in [-0.3, -0.25) is 0 Å². The van der Waals surface area contributed by atoms with E-state index in [1.807, 2.05) is 13.0 Å². The molecule has 1 aliphatic rings. The topological polar surface area (TPSA) is 18.5 Å². The van der Waals surface area contributed by atoms with Crippen molar-refractivity contribution < 1.29 is 9.47 Å². The predicted octanol–water partition coefficient (Wildman–Crippen LogP) is 3.06. The first-order valence-corrected chi connectivity index (χ1v) is 4.85. The van der Waals surface area contributed by atoms with Gasteiger partial charge in [-0.25, -0.2) is 0 Å². The molecule has 2 nitrogen and oxygen atoms in total. The number of ether oxygens (including phenoxy) is 2. The van der Waals surface area contributed by atoms with Crippen LogP contribution in [0.2, 0.25) is 5.02 Å². The molecule has 0 aliphatic carbocycles. The molecule has 1 unspecified atom stereocenters. The summed E-state index contributed by atoms with van der Waals surface area (Å²) in [7, 11) is 0. The van der Waals surface area contributed by atoms with E-state index in [1.54, 1.807) is 6.07 Å². The first kappa shape index (κ1) is 9.03. The normalized spacial score (nSPS) is 15.9. The average Bonchev–Trinajstić information content (AvgIpc) is 2.48. The van der Waals surface area contributed by atoms with Gasteiger partial charge in [0.25, 0.3) is 0 Å². The lowest BCUT2D eigenvalue weighted by Crippen LogP contribution is -1.92. The summed E-state index contributed by atoms with van der Waals surface area (Å²) in [5.41, 5.74) is 0.967. The Morgan fingerprint density at radius 2 is 2.00 bits per heavy atom. The van der Waals surface area contributed by atoms with Crippen molar-refractivity contribution in [2.75, 3.05) is 6.79 Å². The average molecular weight is 217 g/mol. The van der Waals surface area contributed by atoms with Crippen molar-refractivity contribution >= 4 is 24.2 Å². The van der Waals surface area contributed by atoms with Crippen LogP contribution in [0.4, 0.5) is 0 Å². The number of hydrogen-bond donors (Lipinski definition) is 1. The fourth-order valence-electron chi connectivity index (χ4n) is 1.25. The minimum Gasteiger partial charge on any atom is -0.454 e. The van der Waals surface area contributed by atoms with Crippen molar-refractivity contribution in [1.29, 1.82) is 0 Å². The fourth-order valence-corrected chi connectivity index (χ4v) is 1.86. The van der Waals surface area contributed by atoms with Crippen molar-refractivity contribution in [1.82, 2.24) is 0 Å². The van der Waals surface area contributed by atoms with Crippen LogP contribution in [0, 0.1) is 0 Å². The van der Waals surface area contributed by atoms with Gasteiger partial charge in [-0.2, -0.15) is 12.6 Å².